The minimum atomic E-state index is 0.825. The van der Waals surface area contributed by atoms with Gasteiger partial charge in [-0.3, -0.25) is 9.55 Å². The molecule has 0 unspecified atom stereocenters. The molecule has 8 aromatic rings. The lowest BCUT2D eigenvalue weighted by molar-refractivity contribution is 1.08. The number of rotatable bonds is 2. The van der Waals surface area contributed by atoms with Crippen LogP contribution in [0.2, 0.25) is 0 Å². The number of benzene rings is 5. The first kappa shape index (κ1) is 35.5. The van der Waals surface area contributed by atoms with Crippen LogP contribution in [0.4, 0.5) is 0 Å². The molecule has 0 spiro atoms. The first-order valence-corrected chi connectivity index (χ1v) is 17.1. The number of para-hydroxylation sites is 5. The monoisotopic (exact) mass is 610 g/mol. The first-order valence-electron chi connectivity index (χ1n) is 17.1. The maximum Gasteiger partial charge on any atom is 0.156 e. The topological polar surface area (TPSA) is 35.6 Å². The standard InChI is InChI=1S/C32H20N4.5C2H6/c1-2-10-21(11-3-1)35-28-16-8-4-12-22(28)24-19-31-25(18-30(24)35)23-13-5-9-17-29(23)36(31)32-20-33-26-14-6-7-15-27(26)34-32;5*1-2/h1-20H;5*1-2H3. The van der Waals surface area contributed by atoms with Crippen LogP contribution in [-0.4, -0.2) is 19.1 Å². The van der Waals surface area contributed by atoms with E-state index in [0.717, 1.165) is 33.6 Å². The fraction of sp³-hybridized carbons (Fsp3) is 0.238. The lowest BCUT2D eigenvalue weighted by atomic mass is 10.1. The third kappa shape index (κ3) is 6.53. The fourth-order valence-electron chi connectivity index (χ4n) is 5.59. The molecule has 0 atom stereocenters. The van der Waals surface area contributed by atoms with E-state index >= 15 is 0 Å². The molecule has 0 fully saturated rings. The van der Waals surface area contributed by atoms with Crippen molar-refractivity contribution in [2.45, 2.75) is 69.2 Å². The molecule has 8 rings (SSSR count). The smallest absolute Gasteiger partial charge is 0.156 e. The van der Waals surface area contributed by atoms with Gasteiger partial charge in [0.15, 0.2) is 5.82 Å². The Morgan fingerprint density at radius 3 is 1.39 bits per heavy atom. The van der Waals surface area contributed by atoms with Gasteiger partial charge >= 0.3 is 0 Å². The number of hydrogen-bond donors (Lipinski definition) is 0. The average Bonchev–Trinajstić information content (AvgIpc) is 3.67. The maximum absolute atomic E-state index is 5.01. The Morgan fingerprint density at radius 2 is 0.826 bits per heavy atom. The molecule has 0 aliphatic carbocycles. The molecule has 238 valence electrons. The molecule has 0 N–H and O–H groups in total. The van der Waals surface area contributed by atoms with Gasteiger partial charge in [0.1, 0.15) is 0 Å². The lowest BCUT2D eigenvalue weighted by Gasteiger charge is -2.09. The van der Waals surface area contributed by atoms with Crippen LogP contribution in [0, 0.1) is 0 Å². The summed E-state index contributed by atoms with van der Waals surface area (Å²) < 4.78 is 4.62. The van der Waals surface area contributed by atoms with E-state index in [1.54, 1.807) is 0 Å². The molecule has 0 bridgehead atoms. The number of fused-ring (bicyclic) bond motifs is 7. The summed E-state index contributed by atoms with van der Waals surface area (Å²) in [6.45, 7) is 20.0. The summed E-state index contributed by atoms with van der Waals surface area (Å²) in [6, 6.07) is 40.5. The quantitative estimate of drug-likeness (QED) is 0.195. The van der Waals surface area contributed by atoms with Crippen molar-refractivity contribution < 1.29 is 0 Å². The molecular weight excluding hydrogens is 560 g/mol. The van der Waals surface area contributed by atoms with Gasteiger partial charge in [0.25, 0.3) is 0 Å². The summed E-state index contributed by atoms with van der Waals surface area (Å²) in [4.78, 5) is 9.73. The largest absolute Gasteiger partial charge is 0.309 e. The zero-order valence-corrected chi connectivity index (χ0v) is 29.3. The van der Waals surface area contributed by atoms with Crippen LogP contribution in [-0.2, 0) is 0 Å². The molecule has 0 saturated carbocycles. The van der Waals surface area contributed by atoms with Crippen LogP contribution in [0.3, 0.4) is 0 Å². The van der Waals surface area contributed by atoms with Crippen LogP contribution in [0.25, 0.3) is 66.2 Å². The second-order valence-corrected chi connectivity index (χ2v) is 9.14. The molecule has 5 aromatic carbocycles. The predicted molar refractivity (Wildman–Crippen MR) is 205 cm³/mol. The molecule has 0 radical (unpaired) electrons. The fourth-order valence-corrected chi connectivity index (χ4v) is 5.59. The molecule has 4 nitrogen and oxygen atoms in total. The van der Waals surface area contributed by atoms with Crippen molar-refractivity contribution in [3.8, 4) is 11.5 Å². The number of nitrogens with zero attached hydrogens (tertiary/aromatic N) is 4. The first-order chi connectivity index (χ1) is 22.9. The Bertz CT molecular complexity index is 2100. The van der Waals surface area contributed by atoms with E-state index in [1.165, 1.54) is 32.6 Å². The van der Waals surface area contributed by atoms with Gasteiger partial charge < -0.3 is 4.57 Å². The Kier molecular flexibility index (Phi) is 13.5. The van der Waals surface area contributed by atoms with Crippen LogP contribution < -0.4 is 0 Å². The number of aromatic nitrogens is 4. The molecule has 0 amide bonds. The Hall–Kier alpha value is -4.96. The molecule has 46 heavy (non-hydrogen) atoms. The Morgan fingerprint density at radius 1 is 0.391 bits per heavy atom. The van der Waals surface area contributed by atoms with Crippen LogP contribution in [0.1, 0.15) is 69.2 Å². The minimum Gasteiger partial charge on any atom is -0.309 e. The summed E-state index contributed by atoms with van der Waals surface area (Å²) >= 11 is 0. The number of hydrogen-bond acceptors (Lipinski definition) is 2. The Labute approximate surface area is 275 Å². The predicted octanol–water partition coefficient (Wildman–Crippen LogP) is 13.0. The summed E-state index contributed by atoms with van der Waals surface area (Å²) in [5.74, 6) is 0.825. The van der Waals surface area contributed by atoms with Crippen molar-refractivity contribution in [2.24, 2.45) is 0 Å². The van der Waals surface area contributed by atoms with E-state index in [0.29, 0.717) is 0 Å². The van der Waals surface area contributed by atoms with Gasteiger partial charge in [-0.2, -0.15) is 0 Å². The summed E-state index contributed by atoms with van der Waals surface area (Å²) in [7, 11) is 0. The SMILES string of the molecule is CC.CC.CC.CC.CC.c1ccc(-n2c3ccccc3c3cc4c(cc32)c2ccccc2n4-c2cnc3ccccc3n2)cc1. The van der Waals surface area contributed by atoms with Crippen LogP contribution in [0.15, 0.2) is 121 Å². The summed E-state index contributed by atoms with van der Waals surface area (Å²) in [6.07, 6.45) is 1.88. The van der Waals surface area contributed by atoms with Crippen molar-refractivity contribution in [3.63, 3.8) is 0 Å². The van der Waals surface area contributed by atoms with Gasteiger partial charge in [0, 0.05) is 27.2 Å². The zero-order valence-electron chi connectivity index (χ0n) is 29.3. The van der Waals surface area contributed by atoms with E-state index in [9.17, 15) is 0 Å². The normalized spacial score (nSPS) is 9.96. The van der Waals surface area contributed by atoms with Gasteiger partial charge in [-0.25, -0.2) is 4.98 Å². The highest BCUT2D eigenvalue weighted by Gasteiger charge is 2.18. The van der Waals surface area contributed by atoms with E-state index in [1.807, 2.05) is 99.7 Å². The van der Waals surface area contributed by atoms with E-state index in [-0.39, 0.29) is 0 Å². The molecule has 0 aliphatic rings. The average molecular weight is 611 g/mol. The molecule has 0 aliphatic heterocycles. The Balaban J connectivity index is 0.000000530. The maximum atomic E-state index is 5.01. The van der Waals surface area contributed by atoms with Crippen LogP contribution in [0.5, 0.6) is 0 Å². The molecule has 4 heteroatoms. The van der Waals surface area contributed by atoms with Crippen molar-refractivity contribution in [1.29, 1.82) is 0 Å². The third-order valence-corrected chi connectivity index (χ3v) is 7.15. The highest BCUT2D eigenvalue weighted by atomic mass is 15.1. The van der Waals surface area contributed by atoms with Gasteiger partial charge in [0.2, 0.25) is 0 Å². The van der Waals surface area contributed by atoms with E-state index < -0.39 is 0 Å². The zero-order chi connectivity index (χ0) is 33.6. The van der Waals surface area contributed by atoms with Gasteiger partial charge in [-0.15, -0.1) is 0 Å². The summed E-state index contributed by atoms with van der Waals surface area (Å²) in [5, 5.41) is 4.86. The van der Waals surface area contributed by atoms with Gasteiger partial charge in [0.05, 0.1) is 39.3 Å². The second kappa shape index (κ2) is 17.5. The lowest BCUT2D eigenvalue weighted by Crippen LogP contribution is -1.99. The highest BCUT2D eigenvalue weighted by Crippen LogP contribution is 2.39. The van der Waals surface area contributed by atoms with E-state index in [4.69, 9.17) is 9.97 Å². The van der Waals surface area contributed by atoms with Gasteiger partial charge in [-0.1, -0.05) is 136 Å². The van der Waals surface area contributed by atoms with Crippen molar-refractivity contribution in [1.82, 2.24) is 19.1 Å². The van der Waals surface area contributed by atoms with E-state index in [2.05, 4.69) is 100 Å². The molecule has 0 saturated heterocycles. The molecular formula is C42H50N4. The molecule has 3 heterocycles. The van der Waals surface area contributed by atoms with Crippen molar-refractivity contribution in [2.75, 3.05) is 0 Å². The van der Waals surface area contributed by atoms with Crippen molar-refractivity contribution >= 4 is 54.6 Å². The third-order valence-electron chi connectivity index (χ3n) is 7.15. The summed E-state index contributed by atoms with van der Waals surface area (Å²) in [5.41, 5.74) is 7.60. The second-order valence-electron chi connectivity index (χ2n) is 9.14. The minimum absolute atomic E-state index is 0.825. The van der Waals surface area contributed by atoms with Crippen LogP contribution >= 0.6 is 0 Å². The van der Waals surface area contributed by atoms with Crippen molar-refractivity contribution in [3.05, 3.63) is 121 Å². The molecule has 3 aromatic heterocycles. The van der Waals surface area contributed by atoms with Gasteiger partial charge in [-0.05, 0) is 48.5 Å². The highest BCUT2D eigenvalue weighted by molar-refractivity contribution is 6.18.